The van der Waals surface area contributed by atoms with E-state index in [9.17, 15) is 0 Å². The summed E-state index contributed by atoms with van der Waals surface area (Å²) in [6.45, 7) is 0.434. The number of nitrogens with zero attached hydrogens (tertiary/aromatic N) is 1. The number of alkyl halides is 1. The molecule has 100 valence electrons. The number of ether oxygens (including phenoxy) is 2. The fraction of sp³-hybridized carbons (Fsp3) is 0.214. The molecule has 1 aromatic carbocycles. The first-order valence-electron chi connectivity index (χ1n) is 5.68. The van der Waals surface area contributed by atoms with Crippen LogP contribution in [0, 0.1) is 0 Å². The zero-order chi connectivity index (χ0) is 13.7. The number of benzene rings is 1. The minimum atomic E-state index is 0.399. The zero-order valence-electron chi connectivity index (χ0n) is 10.4. The van der Waals surface area contributed by atoms with Crippen LogP contribution in [0.2, 0.25) is 0 Å². The van der Waals surface area contributed by atoms with Crippen LogP contribution in [0.1, 0.15) is 11.1 Å². The predicted octanol–water partition coefficient (Wildman–Crippen LogP) is 4.17. The van der Waals surface area contributed by atoms with Gasteiger partial charge in [0.15, 0.2) is 0 Å². The third-order valence-corrected chi connectivity index (χ3v) is 3.30. The van der Waals surface area contributed by atoms with Crippen molar-refractivity contribution in [2.45, 2.75) is 12.5 Å². The van der Waals surface area contributed by atoms with Crippen molar-refractivity contribution in [3.8, 4) is 11.5 Å². The fourth-order valence-electron chi connectivity index (χ4n) is 1.60. The first kappa shape index (κ1) is 14.2. The second kappa shape index (κ2) is 6.78. The summed E-state index contributed by atoms with van der Waals surface area (Å²) in [5, 5.41) is 0. The van der Waals surface area contributed by atoms with Gasteiger partial charge in [-0.1, -0.05) is 6.07 Å². The molecule has 5 heteroatoms. The highest BCUT2D eigenvalue weighted by Crippen LogP contribution is 2.27. The Balaban J connectivity index is 2.14. The van der Waals surface area contributed by atoms with E-state index in [1.165, 1.54) is 0 Å². The minimum Gasteiger partial charge on any atom is -0.497 e. The first-order valence-corrected chi connectivity index (χ1v) is 7.01. The highest BCUT2D eigenvalue weighted by atomic mass is 79.9. The molecule has 0 aliphatic rings. The van der Waals surface area contributed by atoms with Gasteiger partial charge in [-0.15, -0.1) is 11.6 Å². The van der Waals surface area contributed by atoms with Gasteiger partial charge in [-0.25, -0.2) is 0 Å². The predicted molar refractivity (Wildman–Crippen MR) is 78.8 cm³/mol. The molecule has 0 N–H and O–H groups in total. The number of rotatable bonds is 5. The van der Waals surface area contributed by atoms with Crippen molar-refractivity contribution in [3.63, 3.8) is 0 Å². The third kappa shape index (κ3) is 3.85. The molecule has 0 bridgehead atoms. The average molecular weight is 343 g/mol. The summed E-state index contributed by atoms with van der Waals surface area (Å²) in [6, 6.07) is 7.57. The van der Waals surface area contributed by atoms with Crippen molar-refractivity contribution in [1.82, 2.24) is 4.98 Å². The largest absolute Gasteiger partial charge is 0.497 e. The normalized spacial score (nSPS) is 10.3. The molecule has 19 heavy (non-hydrogen) atoms. The molecule has 0 unspecified atom stereocenters. The molecule has 0 radical (unpaired) electrons. The van der Waals surface area contributed by atoms with Crippen LogP contribution in [0.15, 0.2) is 41.1 Å². The van der Waals surface area contributed by atoms with E-state index in [4.69, 9.17) is 21.1 Å². The lowest BCUT2D eigenvalue weighted by atomic mass is 10.2. The highest BCUT2D eigenvalue weighted by molar-refractivity contribution is 9.10. The number of pyridine rings is 1. The molecule has 3 nitrogen and oxygen atoms in total. The number of aromatic nitrogens is 1. The average Bonchev–Trinajstić information content (AvgIpc) is 2.45. The molecule has 0 spiro atoms. The Bertz CT molecular complexity index is 563. The van der Waals surface area contributed by atoms with Crippen molar-refractivity contribution in [2.75, 3.05) is 7.11 Å². The van der Waals surface area contributed by atoms with E-state index in [-0.39, 0.29) is 0 Å². The van der Waals surface area contributed by atoms with Gasteiger partial charge >= 0.3 is 0 Å². The molecule has 0 atom stereocenters. The summed E-state index contributed by atoms with van der Waals surface area (Å²) in [4.78, 5) is 4.10. The molecule has 2 rings (SSSR count). The van der Waals surface area contributed by atoms with E-state index in [1.807, 2.05) is 24.3 Å². The van der Waals surface area contributed by atoms with Crippen LogP contribution >= 0.6 is 27.5 Å². The maximum atomic E-state index is 5.89. The summed E-state index contributed by atoms with van der Waals surface area (Å²) in [6.07, 6.45) is 3.50. The second-order valence-corrected chi connectivity index (χ2v) is 5.09. The van der Waals surface area contributed by atoms with Crippen molar-refractivity contribution < 1.29 is 9.47 Å². The van der Waals surface area contributed by atoms with Crippen LogP contribution in [-0.4, -0.2) is 12.1 Å². The number of hydrogen-bond acceptors (Lipinski definition) is 3. The summed E-state index contributed by atoms with van der Waals surface area (Å²) < 4.78 is 11.9. The number of hydrogen-bond donors (Lipinski definition) is 0. The summed E-state index contributed by atoms with van der Waals surface area (Å²) in [5.41, 5.74) is 1.92. The van der Waals surface area contributed by atoms with Crippen molar-refractivity contribution in [2.24, 2.45) is 0 Å². The van der Waals surface area contributed by atoms with Crippen LogP contribution < -0.4 is 9.47 Å². The maximum absolute atomic E-state index is 5.89. The summed E-state index contributed by atoms with van der Waals surface area (Å²) in [5.74, 6) is 1.88. The van der Waals surface area contributed by atoms with Gasteiger partial charge in [0.05, 0.1) is 13.0 Å². The van der Waals surface area contributed by atoms with Crippen molar-refractivity contribution >= 4 is 27.5 Å². The number of methoxy groups -OCH3 is 1. The van der Waals surface area contributed by atoms with Gasteiger partial charge in [0.2, 0.25) is 0 Å². The fourth-order valence-corrected chi connectivity index (χ4v) is 2.24. The molecule has 0 saturated heterocycles. The monoisotopic (exact) mass is 341 g/mol. The third-order valence-electron chi connectivity index (χ3n) is 2.57. The van der Waals surface area contributed by atoms with E-state index < -0.39 is 0 Å². The van der Waals surface area contributed by atoms with E-state index in [0.29, 0.717) is 12.5 Å². The topological polar surface area (TPSA) is 31.4 Å². The van der Waals surface area contributed by atoms with Gasteiger partial charge in [-0.3, -0.25) is 4.98 Å². The number of halogens is 2. The van der Waals surface area contributed by atoms with Gasteiger partial charge in [0, 0.05) is 34.1 Å². The van der Waals surface area contributed by atoms with Gasteiger partial charge in [-0.2, -0.15) is 0 Å². The van der Waals surface area contributed by atoms with Crippen LogP contribution in [0.25, 0.3) is 0 Å². The minimum absolute atomic E-state index is 0.399. The molecule has 1 aromatic heterocycles. The van der Waals surface area contributed by atoms with Gasteiger partial charge < -0.3 is 9.47 Å². The Kier molecular flexibility index (Phi) is 5.05. The molecule has 2 aromatic rings. The van der Waals surface area contributed by atoms with Crippen LogP contribution in [0.3, 0.4) is 0 Å². The molecule has 0 aliphatic heterocycles. The Hall–Kier alpha value is -1.26. The molecule has 0 saturated carbocycles. The van der Waals surface area contributed by atoms with E-state index in [0.717, 1.165) is 27.1 Å². The summed E-state index contributed by atoms with van der Waals surface area (Å²) >= 11 is 9.27. The molecule has 0 fully saturated rings. The lowest BCUT2D eigenvalue weighted by Crippen LogP contribution is -1.99. The second-order valence-electron chi connectivity index (χ2n) is 3.91. The standard InChI is InChI=1S/C14H13BrClNO2/c1-18-13-3-2-11(6-16)14(5-13)19-9-10-4-12(15)8-17-7-10/h2-5,7-8H,6,9H2,1H3. The molecular weight excluding hydrogens is 330 g/mol. The first-order chi connectivity index (χ1) is 9.22. The molecular formula is C14H13BrClNO2. The van der Waals surface area contributed by atoms with Gasteiger partial charge in [0.25, 0.3) is 0 Å². The Morgan fingerprint density at radius 2 is 2.11 bits per heavy atom. The van der Waals surface area contributed by atoms with Gasteiger partial charge in [-0.05, 0) is 28.1 Å². The lowest BCUT2D eigenvalue weighted by Gasteiger charge is -2.11. The highest BCUT2D eigenvalue weighted by Gasteiger charge is 2.06. The quantitative estimate of drug-likeness (QED) is 0.764. The van der Waals surface area contributed by atoms with Gasteiger partial charge in [0.1, 0.15) is 18.1 Å². The van der Waals surface area contributed by atoms with Crippen LogP contribution in [-0.2, 0) is 12.5 Å². The summed E-state index contributed by atoms with van der Waals surface area (Å²) in [7, 11) is 1.62. The Morgan fingerprint density at radius 1 is 1.26 bits per heavy atom. The SMILES string of the molecule is COc1ccc(CCl)c(OCc2cncc(Br)c2)c1. The Labute approximate surface area is 125 Å². The van der Waals surface area contributed by atoms with Crippen molar-refractivity contribution in [1.29, 1.82) is 0 Å². The van der Waals surface area contributed by atoms with Crippen LogP contribution in [0.4, 0.5) is 0 Å². The maximum Gasteiger partial charge on any atom is 0.127 e. The smallest absolute Gasteiger partial charge is 0.127 e. The lowest BCUT2D eigenvalue weighted by molar-refractivity contribution is 0.300. The Morgan fingerprint density at radius 3 is 2.79 bits per heavy atom. The molecule has 0 aliphatic carbocycles. The zero-order valence-corrected chi connectivity index (χ0v) is 12.7. The van der Waals surface area contributed by atoms with E-state index in [2.05, 4.69) is 20.9 Å². The molecule has 0 amide bonds. The van der Waals surface area contributed by atoms with Crippen molar-refractivity contribution in [3.05, 3.63) is 52.3 Å². The van der Waals surface area contributed by atoms with E-state index in [1.54, 1.807) is 19.5 Å². The molecule has 1 heterocycles. The van der Waals surface area contributed by atoms with E-state index >= 15 is 0 Å². The van der Waals surface area contributed by atoms with Crippen LogP contribution in [0.5, 0.6) is 11.5 Å².